The number of nitrogens with zero attached hydrogens (tertiary/aromatic N) is 1. The van der Waals surface area contributed by atoms with Crippen molar-refractivity contribution in [3.05, 3.63) is 65.7 Å². The van der Waals surface area contributed by atoms with E-state index in [1.165, 1.54) is 5.56 Å². The number of carbonyl (C=O) groups is 2. The fourth-order valence-corrected chi connectivity index (χ4v) is 3.32. The van der Waals surface area contributed by atoms with Gasteiger partial charge in [-0.3, -0.25) is 9.59 Å². The largest absolute Gasteiger partial charge is 0.484 e. The number of nitrogens with two attached hydrogens (primary N) is 1. The second kappa shape index (κ2) is 8.52. The van der Waals surface area contributed by atoms with E-state index >= 15 is 0 Å². The van der Waals surface area contributed by atoms with Gasteiger partial charge in [-0.15, -0.1) is 0 Å². The molecule has 1 heterocycles. The van der Waals surface area contributed by atoms with E-state index in [1.807, 2.05) is 11.0 Å². The molecule has 2 aromatic carbocycles. The Labute approximate surface area is 153 Å². The van der Waals surface area contributed by atoms with E-state index in [2.05, 4.69) is 24.3 Å². The Bertz CT molecular complexity index is 736. The van der Waals surface area contributed by atoms with Crippen LogP contribution in [0.1, 0.15) is 28.8 Å². The van der Waals surface area contributed by atoms with Gasteiger partial charge < -0.3 is 15.4 Å². The molecule has 136 valence electrons. The Hall–Kier alpha value is -2.82. The first-order chi connectivity index (χ1) is 12.6. The number of benzene rings is 2. The molecule has 1 aliphatic heterocycles. The molecule has 2 N–H and O–H groups in total. The molecule has 0 unspecified atom stereocenters. The van der Waals surface area contributed by atoms with Crippen LogP contribution in [0.25, 0.3) is 0 Å². The van der Waals surface area contributed by atoms with Gasteiger partial charge in [0.1, 0.15) is 5.75 Å². The van der Waals surface area contributed by atoms with Gasteiger partial charge in [0.05, 0.1) is 0 Å². The molecule has 0 spiro atoms. The average Bonchev–Trinajstić information content (AvgIpc) is 2.68. The van der Waals surface area contributed by atoms with Crippen molar-refractivity contribution in [3.63, 3.8) is 0 Å². The predicted molar refractivity (Wildman–Crippen MR) is 99.9 cm³/mol. The fraction of sp³-hybridized carbons (Fsp3) is 0.333. The molecule has 5 nitrogen and oxygen atoms in total. The summed E-state index contributed by atoms with van der Waals surface area (Å²) in [7, 11) is 0. The molecule has 5 heteroatoms. The van der Waals surface area contributed by atoms with Crippen molar-refractivity contribution in [3.8, 4) is 5.75 Å². The Morgan fingerprint density at radius 1 is 1.00 bits per heavy atom. The van der Waals surface area contributed by atoms with Gasteiger partial charge in [-0.05, 0) is 55.0 Å². The number of hydrogen-bond acceptors (Lipinski definition) is 3. The lowest BCUT2D eigenvalue weighted by molar-refractivity contribution is -0.119. The number of primary amides is 1. The zero-order chi connectivity index (χ0) is 18.4. The van der Waals surface area contributed by atoms with Crippen LogP contribution in [0.15, 0.2) is 54.6 Å². The van der Waals surface area contributed by atoms with Crippen molar-refractivity contribution in [2.45, 2.75) is 19.3 Å². The van der Waals surface area contributed by atoms with Crippen LogP contribution in [0.3, 0.4) is 0 Å². The average molecular weight is 352 g/mol. The van der Waals surface area contributed by atoms with Gasteiger partial charge in [0.25, 0.3) is 11.8 Å². The molecule has 1 aliphatic rings. The number of amides is 2. The number of ether oxygens (including phenoxy) is 1. The third-order valence-electron chi connectivity index (χ3n) is 4.75. The molecule has 0 aromatic heterocycles. The van der Waals surface area contributed by atoms with Crippen LogP contribution in [0.4, 0.5) is 0 Å². The van der Waals surface area contributed by atoms with Crippen molar-refractivity contribution in [1.82, 2.24) is 4.90 Å². The van der Waals surface area contributed by atoms with E-state index in [-0.39, 0.29) is 12.5 Å². The Balaban J connectivity index is 1.51. The molecule has 1 saturated heterocycles. The first-order valence-electron chi connectivity index (χ1n) is 8.96. The molecule has 1 fully saturated rings. The van der Waals surface area contributed by atoms with Crippen molar-refractivity contribution < 1.29 is 14.3 Å². The van der Waals surface area contributed by atoms with E-state index in [4.69, 9.17) is 10.5 Å². The highest BCUT2D eigenvalue weighted by atomic mass is 16.5. The normalized spacial score (nSPS) is 14.8. The summed E-state index contributed by atoms with van der Waals surface area (Å²) in [5.41, 5.74) is 7.05. The minimum absolute atomic E-state index is 0.0459. The number of piperidine rings is 1. The zero-order valence-electron chi connectivity index (χ0n) is 14.8. The van der Waals surface area contributed by atoms with Gasteiger partial charge in [-0.25, -0.2) is 0 Å². The molecule has 0 radical (unpaired) electrons. The summed E-state index contributed by atoms with van der Waals surface area (Å²) in [5, 5.41) is 0. The Kier molecular flexibility index (Phi) is 5.89. The van der Waals surface area contributed by atoms with Crippen LogP contribution in [0, 0.1) is 5.92 Å². The van der Waals surface area contributed by atoms with Gasteiger partial charge in [0.15, 0.2) is 6.61 Å². The van der Waals surface area contributed by atoms with E-state index in [9.17, 15) is 9.59 Å². The lowest BCUT2D eigenvalue weighted by atomic mass is 9.90. The summed E-state index contributed by atoms with van der Waals surface area (Å²) < 4.78 is 5.22. The monoisotopic (exact) mass is 352 g/mol. The first kappa shape index (κ1) is 18.0. The highest BCUT2D eigenvalue weighted by molar-refractivity contribution is 5.94. The SMILES string of the molecule is NC(=O)COc1ccc(C(=O)N2CCC(Cc3ccccc3)CC2)cc1. The smallest absolute Gasteiger partial charge is 0.255 e. The van der Waals surface area contributed by atoms with E-state index in [0.717, 1.165) is 32.4 Å². The molecular formula is C21H24N2O3. The summed E-state index contributed by atoms with van der Waals surface area (Å²) >= 11 is 0. The summed E-state index contributed by atoms with van der Waals surface area (Å²) in [5.74, 6) is 0.682. The highest BCUT2D eigenvalue weighted by Gasteiger charge is 2.23. The van der Waals surface area contributed by atoms with Crippen LogP contribution in [-0.2, 0) is 11.2 Å². The number of hydrogen-bond donors (Lipinski definition) is 1. The zero-order valence-corrected chi connectivity index (χ0v) is 14.8. The van der Waals surface area contributed by atoms with Gasteiger partial charge >= 0.3 is 0 Å². The molecule has 0 saturated carbocycles. The maximum atomic E-state index is 12.7. The number of carbonyl (C=O) groups excluding carboxylic acids is 2. The standard InChI is InChI=1S/C21H24N2O3/c22-20(24)15-26-19-8-6-18(7-9-19)21(25)23-12-10-17(11-13-23)14-16-4-2-1-3-5-16/h1-9,17H,10-15H2,(H2,22,24). The van der Waals surface area contributed by atoms with Crippen molar-refractivity contribution in [2.24, 2.45) is 11.7 Å². The Morgan fingerprint density at radius 2 is 1.65 bits per heavy atom. The van der Waals surface area contributed by atoms with Crippen LogP contribution < -0.4 is 10.5 Å². The molecule has 2 aromatic rings. The van der Waals surface area contributed by atoms with Crippen LogP contribution in [-0.4, -0.2) is 36.4 Å². The van der Waals surface area contributed by atoms with Crippen molar-refractivity contribution in [2.75, 3.05) is 19.7 Å². The minimum atomic E-state index is -0.525. The van der Waals surface area contributed by atoms with Crippen molar-refractivity contribution >= 4 is 11.8 Å². The third-order valence-corrected chi connectivity index (χ3v) is 4.75. The first-order valence-corrected chi connectivity index (χ1v) is 8.96. The molecule has 3 rings (SSSR count). The number of likely N-dealkylation sites (tertiary alicyclic amines) is 1. The van der Waals surface area contributed by atoms with Crippen LogP contribution in [0.2, 0.25) is 0 Å². The maximum absolute atomic E-state index is 12.7. The predicted octanol–water partition coefficient (Wildman–Crippen LogP) is 2.65. The van der Waals surface area contributed by atoms with Crippen molar-refractivity contribution in [1.29, 1.82) is 0 Å². The summed E-state index contributed by atoms with van der Waals surface area (Å²) in [6.45, 7) is 1.41. The van der Waals surface area contributed by atoms with Crippen LogP contribution >= 0.6 is 0 Å². The topological polar surface area (TPSA) is 72.6 Å². The van der Waals surface area contributed by atoms with E-state index in [0.29, 0.717) is 17.2 Å². The molecule has 26 heavy (non-hydrogen) atoms. The molecule has 0 atom stereocenters. The summed E-state index contributed by atoms with van der Waals surface area (Å²) in [6.07, 6.45) is 3.13. The number of rotatable bonds is 6. The van der Waals surface area contributed by atoms with E-state index in [1.54, 1.807) is 24.3 Å². The lowest BCUT2D eigenvalue weighted by Crippen LogP contribution is -2.38. The molecule has 0 aliphatic carbocycles. The highest BCUT2D eigenvalue weighted by Crippen LogP contribution is 2.23. The van der Waals surface area contributed by atoms with Gasteiger partial charge in [-0.2, -0.15) is 0 Å². The van der Waals surface area contributed by atoms with Gasteiger partial charge in [0, 0.05) is 18.7 Å². The molecule has 0 bridgehead atoms. The summed E-state index contributed by atoms with van der Waals surface area (Å²) in [6, 6.07) is 17.4. The van der Waals surface area contributed by atoms with Gasteiger partial charge in [0.2, 0.25) is 0 Å². The molecule has 2 amide bonds. The lowest BCUT2D eigenvalue weighted by Gasteiger charge is -2.32. The summed E-state index contributed by atoms with van der Waals surface area (Å²) in [4.78, 5) is 25.3. The quantitative estimate of drug-likeness (QED) is 0.869. The second-order valence-corrected chi connectivity index (χ2v) is 6.70. The fourth-order valence-electron chi connectivity index (χ4n) is 3.32. The van der Waals surface area contributed by atoms with Crippen LogP contribution in [0.5, 0.6) is 5.75 Å². The minimum Gasteiger partial charge on any atom is -0.484 e. The van der Waals surface area contributed by atoms with E-state index < -0.39 is 5.91 Å². The Morgan fingerprint density at radius 3 is 2.27 bits per heavy atom. The maximum Gasteiger partial charge on any atom is 0.255 e. The third kappa shape index (κ3) is 4.85. The van der Waals surface area contributed by atoms with Gasteiger partial charge in [-0.1, -0.05) is 30.3 Å². The second-order valence-electron chi connectivity index (χ2n) is 6.70. The molecular weight excluding hydrogens is 328 g/mol.